The van der Waals surface area contributed by atoms with Gasteiger partial charge in [0.15, 0.2) is 0 Å². The van der Waals surface area contributed by atoms with Crippen LogP contribution in [0.4, 0.5) is 17.1 Å². The van der Waals surface area contributed by atoms with E-state index in [-0.39, 0.29) is 18.3 Å². The number of carbonyl (C=O) groups excluding carboxylic acids is 2. The van der Waals surface area contributed by atoms with E-state index in [2.05, 4.69) is 46.7 Å². The highest BCUT2D eigenvalue weighted by Crippen LogP contribution is 2.30. The van der Waals surface area contributed by atoms with Crippen molar-refractivity contribution >= 4 is 28.9 Å². The van der Waals surface area contributed by atoms with Gasteiger partial charge in [0.05, 0.1) is 30.7 Å². The molecule has 3 aromatic rings. The molecule has 1 aliphatic rings. The average Bonchev–Trinajstić information content (AvgIpc) is 3.12. The predicted octanol–water partition coefficient (Wildman–Crippen LogP) is 8.68. The number of ether oxygens (including phenoxy) is 2. The summed E-state index contributed by atoms with van der Waals surface area (Å²) in [4.78, 5) is 29.9. The maximum absolute atomic E-state index is 12.7. The number of benzene rings is 3. The smallest absolute Gasteiger partial charge is 0.340 e. The van der Waals surface area contributed by atoms with Gasteiger partial charge in [-0.3, -0.25) is 4.79 Å². The van der Waals surface area contributed by atoms with Gasteiger partial charge in [-0.05, 0) is 68.4 Å². The number of piperazine rings is 1. The molecule has 0 bridgehead atoms. The fourth-order valence-corrected chi connectivity index (χ4v) is 4.12. The van der Waals surface area contributed by atoms with E-state index in [1.165, 1.54) is 24.3 Å². The summed E-state index contributed by atoms with van der Waals surface area (Å²) < 4.78 is 10.8. The molecule has 1 saturated heterocycles. The standard InChI is InChI=1S/C27H29N3O5.C3H4.3C2H6.C2H4/c1-3-35-27(33)22-18-20(10-13-23(22)28-26(32)19-8-11-21(31)12-9-19)29-14-16-30(17-15-29)24-6-4-5-7-25(24)34-2;1-3-2;4*1-2/h4-13,18,31H,3,14-17H2,1-2H3,(H,28,32);1H,2H3;3*1-2H3;1-2H2. The first-order chi connectivity index (χ1) is 22.4. The Balaban J connectivity index is 0. The van der Waals surface area contributed by atoms with E-state index < -0.39 is 5.97 Å². The van der Waals surface area contributed by atoms with Crippen LogP contribution in [-0.4, -0.2) is 56.9 Å². The van der Waals surface area contributed by atoms with E-state index in [0.29, 0.717) is 16.8 Å². The van der Waals surface area contributed by atoms with Crippen molar-refractivity contribution in [3.05, 3.63) is 91.0 Å². The normalized spacial score (nSPS) is 10.8. The van der Waals surface area contributed by atoms with Crippen LogP contribution >= 0.6 is 0 Å². The summed E-state index contributed by atoms with van der Waals surface area (Å²) in [5.74, 6) is 2.29. The zero-order valence-electron chi connectivity index (χ0n) is 29.4. The SMILES string of the molecule is C#CC.C=C.CC.CC.CC.CCOC(=O)c1cc(N2CCN(c3ccccc3OC)CC2)ccc1NC(=O)c1ccc(O)cc1. The molecule has 1 fully saturated rings. The second kappa shape index (κ2) is 26.5. The van der Waals surface area contributed by atoms with Gasteiger partial charge < -0.3 is 29.7 Å². The number of hydrogen-bond acceptors (Lipinski definition) is 7. The molecule has 8 nitrogen and oxygen atoms in total. The van der Waals surface area contributed by atoms with Crippen LogP contribution in [0, 0.1) is 12.3 Å². The van der Waals surface area contributed by atoms with Gasteiger partial charge in [-0.25, -0.2) is 4.79 Å². The molecule has 1 heterocycles. The number of methoxy groups -OCH3 is 1. The van der Waals surface area contributed by atoms with Crippen LogP contribution in [0.1, 0.15) is 76.1 Å². The third-order valence-electron chi connectivity index (χ3n) is 5.95. The first-order valence-electron chi connectivity index (χ1n) is 15.8. The molecule has 3 aromatic carbocycles. The molecule has 4 rings (SSSR count). The summed E-state index contributed by atoms with van der Waals surface area (Å²) >= 11 is 0. The Hall–Kier alpha value is -4.90. The second-order valence-corrected chi connectivity index (χ2v) is 8.39. The van der Waals surface area contributed by atoms with Crippen molar-refractivity contribution in [2.45, 2.75) is 55.4 Å². The minimum Gasteiger partial charge on any atom is -0.508 e. The van der Waals surface area contributed by atoms with Crippen LogP contribution in [0.15, 0.2) is 79.9 Å². The van der Waals surface area contributed by atoms with Crippen molar-refractivity contribution in [3.8, 4) is 23.8 Å². The van der Waals surface area contributed by atoms with Crippen LogP contribution < -0.4 is 19.9 Å². The van der Waals surface area contributed by atoms with Gasteiger partial charge in [-0.1, -0.05) is 53.7 Å². The minimum atomic E-state index is -0.497. The van der Waals surface area contributed by atoms with Crippen LogP contribution in [0.3, 0.4) is 0 Å². The molecule has 0 unspecified atom stereocenters. The molecular formula is C38H55N3O5. The summed E-state index contributed by atoms with van der Waals surface area (Å²) in [6, 6.07) is 19.3. The van der Waals surface area contributed by atoms with Gasteiger partial charge in [0, 0.05) is 37.4 Å². The summed E-state index contributed by atoms with van der Waals surface area (Å²) in [5.41, 5.74) is 2.99. The van der Waals surface area contributed by atoms with E-state index in [1.54, 1.807) is 33.1 Å². The second-order valence-electron chi connectivity index (χ2n) is 8.39. The molecule has 0 radical (unpaired) electrons. The van der Waals surface area contributed by atoms with Gasteiger partial charge in [-0.15, -0.1) is 25.5 Å². The van der Waals surface area contributed by atoms with E-state index in [9.17, 15) is 14.7 Å². The lowest BCUT2D eigenvalue weighted by Crippen LogP contribution is -2.46. The summed E-state index contributed by atoms with van der Waals surface area (Å²) in [6.07, 6.45) is 4.60. The fourth-order valence-electron chi connectivity index (χ4n) is 4.12. The Morgan fingerprint density at radius 1 is 0.891 bits per heavy atom. The summed E-state index contributed by atoms with van der Waals surface area (Å²) in [7, 11) is 1.67. The van der Waals surface area contributed by atoms with Gasteiger partial charge in [0.2, 0.25) is 0 Å². The van der Waals surface area contributed by atoms with Gasteiger partial charge >= 0.3 is 5.97 Å². The Morgan fingerprint density at radius 3 is 1.93 bits per heavy atom. The number of nitrogens with one attached hydrogen (secondary N) is 1. The van der Waals surface area contributed by atoms with Gasteiger partial charge in [0.25, 0.3) is 5.91 Å². The molecule has 1 amide bonds. The van der Waals surface area contributed by atoms with E-state index >= 15 is 0 Å². The Bertz CT molecular complexity index is 1290. The fraction of sp³-hybridized carbons (Fsp3) is 0.368. The van der Waals surface area contributed by atoms with E-state index in [1.807, 2.05) is 65.8 Å². The maximum Gasteiger partial charge on any atom is 0.340 e. The number of rotatable bonds is 7. The molecule has 0 aromatic heterocycles. The minimum absolute atomic E-state index is 0.0731. The Labute approximate surface area is 278 Å². The highest BCUT2D eigenvalue weighted by molar-refractivity contribution is 6.08. The summed E-state index contributed by atoms with van der Waals surface area (Å²) in [5, 5.41) is 12.3. The van der Waals surface area contributed by atoms with Crippen LogP contribution in [0.2, 0.25) is 0 Å². The lowest BCUT2D eigenvalue weighted by Gasteiger charge is -2.38. The number of anilines is 3. The van der Waals surface area contributed by atoms with Crippen molar-refractivity contribution in [3.63, 3.8) is 0 Å². The maximum atomic E-state index is 12.7. The zero-order chi connectivity index (χ0) is 35.5. The zero-order valence-corrected chi connectivity index (χ0v) is 29.4. The van der Waals surface area contributed by atoms with Crippen LogP contribution in [0.25, 0.3) is 0 Å². The topological polar surface area (TPSA) is 91.3 Å². The number of amides is 1. The first-order valence-corrected chi connectivity index (χ1v) is 15.8. The van der Waals surface area contributed by atoms with Crippen LogP contribution in [0.5, 0.6) is 11.5 Å². The first kappa shape index (κ1) is 43.2. The van der Waals surface area contributed by atoms with Crippen molar-refractivity contribution in [2.24, 2.45) is 0 Å². The molecule has 8 heteroatoms. The van der Waals surface area contributed by atoms with Crippen LogP contribution in [-0.2, 0) is 4.74 Å². The third-order valence-corrected chi connectivity index (χ3v) is 5.95. The number of phenolic OH excluding ortho intramolecular Hbond substituents is 1. The molecule has 0 aliphatic carbocycles. The highest BCUT2D eigenvalue weighted by Gasteiger charge is 2.22. The van der Waals surface area contributed by atoms with Gasteiger partial charge in [0.1, 0.15) is 11.5 Å². The molecule has 0 atom stereocenters. The molecule has 252 valence electrons. The number of phenols is 1. The Kier molecular flexibility index (Phi) is 24.9. The van der Waals surface area contributed by atoms with Crippen molar-refractivity contribution in [1.29, 1.82) is 0 Å². The highest BCUT2D eigenvalue weighted by atomic mass is 16.5. The predicted molar refractivity (Wildman–Crippen MR) is 196 cm³/mol. The number of carbonyl (C=O) groups is 2. The number of terminal acetylenes is 1. The number of para-hydroxylation sites is 2. The molecule has 0 spiro atoms. The monoisotopic (exact) mass is 633 g/mol. The van der Waals surface area contributed by atoms with Crippen molar-refractivity contribution < 1.29 is 24.2 Å². The van der Waals surface area contributed by atoms with E-state index in [0.717, 1.165) is 43.3 Å². The molecule has 0 saturated carbocycles. The lowest BCUT2D eigenvalue weighted by molar-refractivity contribution is 0.0527. The summed E-state index contributed by atoms with van der Waals surface area (Å²) in [6.45, 7) is 24.8. The number of nitrogens with zero attached hydrogens (tertiary/aromatic N) is 2. The number of aromatic hydroxyl groups is 1. The van der Waals surface area contributed by atoms with Crippen molar-refractivity contribution in [2.75, 3.05) is 55.0 Å². The van der Waals surface area contributed by atoms with E-state index in [4.69, 9.17) is 9.47 Å². The molecule has 2 N–H and O–H groups in total. The Morgan fingerprint density at radius 2 is 1.41 bits per heavy atom. The molecule has 1 aliphatic heterocycles. The van der Waals surface area contributed by atoms with Gasteiger partial charge in [-0.2, -0.15) is 0 Å². The largest absolute Gasteiger partial charge is 0.508 e. The molecule has 46 heavy (non-hydrogen) atoms. The van der Waals surface area contributed by atoms with Crippen molar-refractivity contribution in [1.82, 2.24) is 0 Å². The number of hydrogen-bond donors (Lipinski definition) is 2. The molecular weight excluding hydrogens is 578 g/mol. The average molecular weight is 634 g/mol. The number of esters is 1. The quantitative estimate of drug-likeness (QED) is 0.153. The third kappa shape index (κ3) is 13.8. The lowest BCUT2D eigenvalue weighted by atomic mass is 10.1.